The van der Waals surface area contributed by atoms with Crippen LogP contribution in [0.1, 0.15) is 33.1 Å². The van der Waals surface area contributed by atoms with E-state index in [1.54, 1.807) is 0 Å². The van der Waals surface area contributed by atoms with Gasteiger partial charge in [-0.25, -0.2) is 0 Å². The third kappa shape index (κ3) is 3.55. The predicted octanol–water partition coefficient (Wildman–Crippen LogP) is 1.80. The predicted molar refractivity (Wildman–Crippen MR) is 51.3 cm³/mol. The van der Waals surface area contributed by atoms with Crippen LogP contribution in [0.25, 0.3) is 0 Å². The maximum absolute atomic E-state index is 5.26. The summed E-state index contributed by atoms with van der Waals surface area (Å²) >= 11 is 0. The van der Waals surface area contributed by atoms with E-state index in [2.05, 4.69) is 12.2 Å². The first-order chi connectivity index (χ1) is 5.83. The van der Waals surface area contributed by atoms with Gasteiger partial charge in [0.1, 0.15) is 0 Å². The molecule has 2 atom stereocenters. The van der Waals surface area contributed by atoms with E-state index in [1.807, 2.05) is 6.92 Å². The molecule has 1 saturated carbocycles. The summed E-state index contributed by atoms with van der Waals surface area (Å²) in [6, 6.07) is 0.764. The van der Waals surface area contributed by atoms with Gasteiger partial charge in [0.15, 0.2) is 0 Å². The molecule has 1 aliphatic carbocycles. The van der Waals surface area contributed by atoms with Crippen molar-refractivity contribution in [3.8, 4) is 0 Å². The molecule has 2 nitrogen and oxygen atoms in total. The minimum Gasteiger partial charge on any atom is -0.380 e. The highest BCUT2D eigenvalue weighted by atomic mass is 16.5. The Morgan fingerprint density at radius 3 is 2.83 bits per heavy atom. The van der Waals surface area contributed by atoms with Gasteiger partial charge in [-0.1, -0.05) is 6.92 Å². The first-order valence-electron chi connectivity index (χ1n) is 5.14. The van der Waals surface area contributed by atoms with E-state index in [0.29, 0.717) is 0 Å². The summed E-state index contributed by atoms with van der Waals surface area (Å²) in [5.41, 5.74) is 0. The highest BCUT2D eigenvalue weighted by Gasteiger charge is 2.19. The second-order valence-corrected chi connectivity index (χ2v) is 3.77. The molecule has 0 bridgehead atoms. The fourth-order valence-electron chi connectivity index (χ4n) is 1.87. The molecule has 1 N–H and O–H groups in total. The van der Waals surface area contributed by atoms with Gasteiger partial charge in [-0.3, -0.25) is 0 Å². The van der Waals surface area contributed by atoms with Crippen LogP contribution in [-0.4, -0.2) is 25.8 Å². The van der Waals surface area contributed by atoms with Gasteiger partial charge in [0.2, 0.25) is 0 Å². The maximum atomic E-state index is 5.26. The Morgan fingerprint density at radius 1 is 1.42 bits per heavy atom. The quantitative estimate of drug-likeness (QED) is 0.637. The molecular formula is C10H21NO. The third-order valence-electron chi connectivity index (χ3n) is 2.58. The lowest BCUT2D eigenvalue weighted by atomic mass is 10.1. The van der Waals surface area contributed by atoms with Crippen LogP contribution in [0, 0.1) is 5.92 Å². The fraction of sp³-hybridized carbons (Fsp3) is 1.00. The zero-order valence-corrected chi connectivity index (χ0v) is 8.31. The van der Waals surface area contributed by atoms with Crippen molar-refractivity contribution in [1.29, 1.82) is 0 Å². The van der Waals surface area contributed by atoms with Gasteiger partial charge >= 0.3 is 0 Å². The van der Waals surface area contributed by atoms with Crippen molar-refractivity contribution in [2.24, 2.45) is 5.92 Å². The Kier molecular flexibility index (Phi) is 4.62. The lowest BCUT2D eigenvalue weighted by Gasteiger charge is -2.11. The highest BCUT2D eigenvalue weighted by Crippen LogP contribution is 2.24. The molecule has 1 fully saturated rings. The van der Waals surface area contributed by atoms with E-state index in [-0.39, 0.29) is 0 Å². The Labute approximate surface area is 75.7 Å². The van der Waals surface area contributed by atoms with E-state index in [1.165, 1.54) is 19.3 Å². The average Bonchev–Trinajstić information content (AvgIpc) is 2.45. The van der Waals surface area contributed by atoms with Crippen LogP contribution in [0.4, 0.5) is 0 Å². The summed E-state index contributed by atoms with van der Waals surface area (Å²) in [5, 5.41) is 3.52. The van der Waals surface area contributed by atoms with E-state index < -0.39 is 0 Å². The van der Waals surface area contributed by atoms with Gasteiger partial charge in [0, 0.05) is 19.2 Å². The molecule has 2 heteroatoms. The Morgan fingerprint density at radius 2 is 2.25 bits per heavy atom. The van der Waals surface area contributed by atoms with E-state index >= 15 is 0 Å². The van der Waals surface area contributed by atoms with Gasteiger partial charge in [-0.05, 0) is 32.1 Å². The van der Waals surface area contributed by atoms with Crippen LogP contribution in [0.2, 0.25) is 0 Å². The van der Waals surface area contributed by atoms with Crippen LogP contribution in [0.5, 0.6) is 0 Å². The van der Waals surface area contributed by atoms with Crippen LogP contribution in [-0.2, 0) is 4.74 Å². The van der Waals surface area contributed by atoms with Gasteiger partial charge in [-0.2, -0.15) is 0 Å². The maximum Gasteiger partial charge on any atom is 0.0590 e. The topological polar surface area (TPSA) is 21.3 Å². The lowest BCUT2D eigenvalue weighted by molar-refractivity contribution is 0.147. The molecule has 0 aliphatic heterocycles. The van der Waals surface area contributed by atoms with Gasteiger partial charge in [-0.15, -0.1) is 0 Å². The van der Waals surface area contributed by atoms with Crippen LogP contribution in [0.15, 0.2) is 0 Å². The number of nitrogens with one attached hydrogen (secondary N) is 1. The van der Waals surface area contributed by atoms with Crippen molar-refractivity contribution in [1.82, 2.24) is 5.32 Å². The van der Waals surface area contributed by atoms with Gasteiger partial charge in [0.05, 0.1) is 6.61 Å². The van der Waals surface area contributed by atoms with E-state index in [4.69, 9.17) is 4.74 Å². The SMILES string of the molecule is CCOCCN[C@@H]1CC[C@@H](C)C1. The van der Waals surface area contributed by atoms with Crippen LogP contribution >= 0.6 is 0 Å². The molecule has 0 spiro atoms. The van der Waals surface area contributed by atoms with E-state index in [9.17, 15) is 0 Å². The summed E-state index contributed by atoms with van der Waals surface area (Å²) in [4.78, 5) is 0. The molecule has 0 heterocycles. The second kappa shape index (κ2) is 5.55. The minimum absolute atomic E-state index is 0.764. The van der Waals surface area contributed by atoms with Crippen LogP contribution < -0.4 is 5.32 Å². The molecule has 72 valence electrons. The Hall–Kier alpha value is -0.0800. The van der Waals surface area contributed by atoms with Crippen molar-refractivity contribution < 1.29 is 4.74 Å². The molecular weight excluding hydrogens is 150 g/mol. The van der Waals surface area contributed by atoms with Gasteiger partial charge in [0.25, 0.3) is 0 Å². The minimum atomic E-state index is 0.764. The summed E-state index contributed by atoms with van der Waals surface area (Å²) in [7, 11) is 0. The average molecular weight is 171 g/mol. The number of hydrogen-bond acceptors (Lipinski definition) is 2. The Balaban J connectivity index is 1.93. The van der Waals surface area contributed by atoms with Crippen molar-refractivity contribution in [2.45, 2.75) is 39.2 Å². The molecule has 0 aromatic heterocycles. The number of rotatable bonds is 5. The molecule has 1 aliphatic rings. The first-order valence-corrected chi connectivity index (χ1v) is 5.14. The van der Waals surface area contributed by atoms with Crippen molar-refractivity contribution in [3.63, 3.8) is 0 Å². The monoisotopic (exact) mass is 171 g/mol. The summed E-state index contributed by atoms with van der Waals surface area (Å²) < 4.78 is 5.26. The number of hydrogen-bond donors (Lipinski definition) is 1. The highest BCUT2D eigenvalue weighted by molar-refractivity contribution is 4.77. The molecule has 0 aromatic carbocycles. The molecule has 0 amide bonds. The zero-order chi connectivity index (χ0) is 8.81. The molecule has 1 rings (SSSR count). The molecule has 0 unspecified atom stereocenters. The van der Waals surface area contributed by atoms with Crippen LogP contribution in [0.3, 0.4) is 0 Å². The molecule has 0 saturated heterocycles. The summed E-state index contributed by atoms with van der Waals surface area (Å²) in [6.45, 7) is 7.09. The van der Waals surface area contributed by atoms with Gasteiger partial charge < -0.3 is 10.1 Å². The summed E-state index contributed by atoms with van der Waals surface area (Å²) in [6.07, 6.45) is 4.10. The first kappa shape index (κ1) is 10.0. The molecule has 12 heavy (non-hydrogen) atoms. The normalized spacial score (nSPS) is 29.5. The smallest absolute Gasteiger partial charge is 0.0590 e. The fourth-order valence-corrected chi connectivity index (χ4v) is 1.87. The largest absolute Gasteiger partial charge is 0.380 e. The summed E-state index contributed by atoms with van der Waals surface area (Å²) in [5.74, 6) is 0.926. The Bertz CT molecular complexity index is 116. The lowest BCUT2D eigenvalue weighted by Crippen LogP contribution is -2.29. The van der Waals surface area contributed by atoms with Crippen molar-refractivity contribution in [3.05, 3.63) is 0 Å². The standard InChI is InChI=1S/C10H21NO/c1-3-12-7-6-11-10-5-4-9(2)8-10/h9-11H,3-8H2,1-2H3/t9-,10-/m1/s1. The van der Waals surface area contributed by atoms with Crippen molar-refractivity contribution >= 4 is 0 Å². The zero-order valence-electron chi connectivity index (χ0n) is 8.31. The third-order valence-corrected chi connectivity index (χ3v) is 2.58. The molecule has 0 radical (unpaired) electrons. The van der Waals surface area contributed by atoms with Crippen molar-refractivity contribution in [2.75, 3.05) is 19.8 Å². The van der Waals surface area contributed by atoms with E-state index in [0.717, 1.165) is 31.7 Å². The number of ether oxygens (including phenoxy) is 1. The second-order valence-electron chi connectivity index (χ2n) is 3.77. The molecule has 0 aromatic rings.